The molecule has 0 aromatic carbocycles. The lowest BCUT2D eigenvalue weighted by molar-refractivity contribution is 0.0333. The molecule has 2 saturated heterocycles. The highest BCUT2D eigenvalue weighted by Crippen LogP contribution is 2.11. The fraction of sp³-hybridized carbons (Fsp3) is 1.00. The van der Waals surface area contributed by atoms with Gasteiger partial charge in [0.05, 0.1) is 13.2 Å². The molecule has 4 nitrogen and oxygen atoms in total. The second kappa shape index (κ2) is 7.43. The second-order valence-corrected chi connectivity index (χ2v) is 5.69. The number of nitrogens with zero attached hydrogens (tertiary/aromatic N) is 2. The van der Waals surface area contributed by atoms with E-state index in [1.165, 1.54) is 32.5 Å². The molecule has 1 unspecified atom stereocenters. The van der Waals surface area contributed by atoms with E-state index in [-0.39, 0.29) is 0 Å². The molecular formula is C14H29N3O. The van der Waals surface area contributed by atoms with Crippen LogP contribution in [0.1, 0.15) is 26.7 Å². The van der Waals surface area contributed by atoms with Crippen LogP contribution in [0, 0.1) is 0 Å². The van der Waals surface area contributed by atoms with Gasteiger partial charge in [0.25, 0.3) is 0 Å². The topological polar surface area (TPSA) is 27.7 Å². The summed E-state index contributed by atoms with van der Waals surface area (Å²) in [5.41, 5.74) is 0. The molecule has 0 bridgehead atoms. The number of piperidine rings is 1. The zero-order valence-corrected chi connectivity index (χ0v) is 12.0. The van der Waals surface area contributed by atoms with Gasteiger partial charge in [0.1, 0.15) is 0 Å². The van der Waals surface area contributed by atoms with Crippen LogP contribution in [-0.2, 0) is 4.74 Å². The molecule has 2 fully saturated rings. The third kappa shape index (κ3) is 4.50. The maximum atomic E-state index is 5.39. The summed E-state index contributed by atoms with van der Waals surface area (Å²) in [6.07, 6.45) is 2.61. The Labute approximate surface area is 112 Å². The van der Waals surface area contributed by atoms with Crippen molar-refractivity contribution in [3.8, 4) is 0 Å². The summed E-state index contributed by atoms with van der Waals surface area (Å²) in [4.78, 5) is 5.06. The summed E-state index contributed by atoms with van der Waals surface area (Å²) in [5, 5.41) is 3.80. The van der Waals surface area contributed by atoms with Gasteiger partial charge in [0, 0.05) is 31.7 Å². The van der Waals surface area contributed by atoms with E-state index in [1.54, 1.807) is 0 Å². The molecule has 0 spiro atoms. The summed E-state index contributed by atoms with van der Waals surface area (Å²) < 4.78 is 5.39. The van der Waals surface area contributed by atoms with E-state index in [9.17, 15) is 0 Å². The first-order chi connectivity index (χ1) is 8.78. The Balaban J connectivity index is 1.63. The van der Waals surface area contributed by atoms with Crippen LogP contribution in [0.3, 0.4) is 0 Å². The fourth-order valence-electron chi connectivity index (χ4n) is 3.04. The highest BCUT2D eigenvalue weighted by molar-refractivity contribution is 4.80. The lowest BCUT2D eigenvalue weighted by Crippen LogP contribution is -2.50. The van der Waals surface area contributed by atoms with Gasteiger partial charge in [-0.2, -0.15) is 0 Å². The largest absolute Gasteiger partial charge is 0.379 e. The van der Waals surface area contributed by atoms with Crippen molar-refractivity contribution in [2.75, 3.05) is 52.5 Å². The molecule has 0 aromatic rings. The molecule has 2 heterocycles. The Morgan fingerprint density at radius 1 is 1.11 bits per heavy atom. The third-order valence-electron chi connectivity index (χ3n) is 4.19. The molecule has 1 atom stereocenters. The van der Waals surface area contributed by atoms with Crippen molar-refractivity contribution in [3.05, 3.63) is 0 Å². The number of hydrogen-bond acceptors (Lipinski definition) is 4. The van der Waals surface area contributed by atoms with Gasteiger partial charge in [-0.1, -0.05) is 6.92 Å². The van der Waals surface area contributed by atoms with Gasteiger partial charge >= 0.3 is 0 Å². The van der Waals surface area contributed by atoms with E-state index < -0.39 is 0 Å². The van der Waals surface area contributed by atoms with Gasteiger partial charge < -0.3 is 15.0 Å². The molecule has 0 aliphatic carbocycles. The SMILES string of the molecule is CCN1CCC(NC(C)CN2CCOCC2)CC1. The van der Waals surface area contributed by atoms with Crippen molar-refractivity contribution >= 4 is 0 Å². The van der Waals surface area contributed by atoms with E-state index in [0.29, 0.717) is 6.04 Å². The predicted molar refractivity (Wildman–Crippen MR) is 75.0 cm³/mol. The molecule has 2 aliphatic rings. The molecule has 2 aliphatic heterocycles. The third-order valence-corrected chi connectivity index (χ3v) is 4.19. The molecule has 0 saturated carbocycles. The maximum Gasteiger partial charge on any atom is 0.0594 e. The standard InChI is InChI=1S/C14H29N3O/c1-3-16-6-4-14(5-7-16)15-13(2)12-17-8-10-18-11-9-17/h13-15H,3-12H2,1-2H3. The highest BCUT2D eigenvalue weighted by Gasteiger charge is 2.20. The van der Waals surface area contributed by atoms with Gasteiger partial charge in [-0.25, -0.2) is 0 Å². The van der Waals surface area contributed by atoms with Gasteiger partial charge in [0.15, 0.2) is 0 Å². The minimum Gasteiger partial charge on any atom is -0.379 e. The van der Waals surface area contributed by atoms with Gasteiger partial charge in [-0.05, 0) is 39.4 Å². The van der Waals surface area contributed by atoms with Crippen molar-refractivity contribution in [2.24, 2.45) is 0 Å². The number of nitrogens with one attached hydrogen (secondary N) is 1. The molecule has 106 valence electrons. The lowest BCUT2D eigenvalue weighted by atomic mass is 10.0. The van der Waals surface area contributed by atoms with Crippen LogP contribution in [0.2, 0.25) is 0 Å². The number of rotatable bonds is 5. The fourth-order valence-corrected chi connectivity index (χ4v) is 3.04. The number of likely N-dealkylation sites (tertiary alicyclic amines) is 1. The Bertz CT molecular complexity index is 223. The first-order valence-electron chi connectivity index (χ1n) is 7.56. The zero-order chi connectivity index (χ0) is 12.8. The number of morpholine rings is 1. The Hall–Kier alpha value is -0.160. The lowest BCUT2D eigenvalue weighted by Gasteiger charge is -2.35. The Kier molecular flexibility index (Phi) is 5.89. The number of ether oxygens (including phenoxy) is 1. The molecular weight excluding hydrogens is 226 g/mol. The molecule has 0 radical (unpaired) electrons. The van der Waals surface area contributed by atoms with Crippen LogP contribution in [0.15, 0.2) is 0 Å². The molecule has 4 heteroatoms. The summed E-state index contributed by atoms with van der Waals surface area (Å²) in [5.74, 6) is 0. The normalized spacial score (nSPS) is 26.3. The van der Waals surface area contributed by atoms with Crippen molar-refractivity contribution in [1.82, 2.24) is 15.1 Å². The zero-order valence-electron chi connectivity index (χ0n) is 12.0. The van der Waals surface area contributed by atoms with Crippen LogP contribution >= 0.6 is 0 Å². The van der Waals surface area contributed by atoms with Crippen molar-refractivity contribution in [3.63, 3.8) is 0 Å². The van der Waals surface area contributed by atoms with E-state index in [0.717, 1.165) is 38.9 Å². The summed E-state index contributed by atoms with van der Waals surface area (Å²) in [6, 6.07) is 1.32. The molecule has 0 amide bonds. The average Bonchev–Trinajstić information content (AvgIpc) is 2.40. The van der Waals surface area contributed by atoms with Crippen LogP contribution in [0.25, 0.3) is 0 Å². The van der Waals surface area contributed by atoms with E-state index in [1.807, 2.05) is 0 Å². The molecule has 2 rings (SSSR count). The van der Waals surface area contributed by atoms with Gasteiger partial charge in [-0.3, -0.25) is 4.90 Å². The molecule has 18 heavy (non-hydrogen) atoms. The van der Waals surface area contributed by atoms with Crippen molar-refractivity contribution in [1.29, 1.82) is 0 Å². The number of hydrogen-bond donors (Lipinski definition) is 1. The summed E-state index contributed by atoms with van der Waals surface area (Å²) in [7, 11) is 0. The monoisotopic (exact) mass is 255 g/mol. The van der Waals surface area contributed by atoms with Gasteiger partial charge in [-0.15, -0.1) is 0 Å². The summed E-state index contributed by atoms with van der Waals surface area (Å²) >= 11 is 0. The van der Waals surface area contributed by atoms with E-state index in [4.69, 9.17) is 4.74 Å². The first kappa shape index (κ1) is 14.3. The van der Waals surface area contributed by atoms with Crippen molar-refractivity contribution < 1.29 is 4.74 Å². The van der Waals surface area contributed by atoms with E-state index in [2.05, 4.69) is 29.0 Å². The molecule has 1 N–H and O–H groups in total. The minimum atomic E-state index is 0.598. The predicted octanol–water partition coefficient (Wildman–Crippen LogP) is 0.781. The van der Waals surface area contributed by atoms with Crippen LogP contribution < -0.4 is 5.32 Å². The minimum absolute atomic E-state index is 0.598. The average molecular weight is 255 g/mol. The summed E-state index contributed by atoms with van der Waals surface area (Å²) in [6.45, 7) is 13.5. The van der Waals surface area contributed by atoms with E-state index >= 15 is 0 Å². The first-order valence-corrected chi connectivity index (χ1v) is 7.56. The van der Waals surface area contributed by atoms with Crippen LogP contribution in [0.4, 0.5) is 0 Å². The molecule has 0 aromatic heterocycles. The van der Waals surface area contributed by atoms with Gasteiger partial charge in [0.2, 0.25) is 0 Å². The van der Waals surface area contributed by atoms with Crippen LogP contribution in [0.5, 0.6) is 0 Å². The smallest absolute Gasteiger partial charge is 0.0594 e. The van der Waals surface area contributed by atoms with Crippen molar-refractivity contribution in [2.45, 2.75) is 38.8 Å². The second-order valence-electron chi connectivity index (χ2n) is 5.69. The highest BCUT2D eigenvalue weighted by atomic mass is 16.5. The quantitative estimate of drug-likeness (QED) is 0.786. The Morgan fingerprint density at radius 3 is 2.39 bits per heavy atom. The Morgan fingerprint density at radius 2 is 1.78 bits per heavy atom. The van der Waals surface area contributed by atoms with Crippen LogP contribution in [-0.4, -0.2) is 74.4 Å². The maximum absolute atomic E-state index is 5.39.